The molecule has 0 amide bonds. The van der Waals surface area contributed by atoms with Crippen molar-refractivity contribution in [3.8, 4) is 0 Å². The fraction of sp³-hybridized carbons (Fsp3) is 0.353. The van der Waals surface area contributed by atoms with Gasteiger partial charge in [-0.05, 0) is 31.5 Å². The molecule has 0 fully saturated rings. The summed E-state index contributed by atoms with van der Waals surface area (Å²) in [6.07, 6.45) is 3.64. The van der Waals surface area contributed by atoms with Gasteiger partial charge in [-0.15, -0.1) is 0 Å². The number of aryl methyl sites for hydroxylation is 1. The predicted octanol–water partition coefficient (Wildman–Crippen LogP) is 2.17. The quantitative estimate of drug-likeness (QED) is 0.815. The van der Waals surface area contributed by atoms with E-state index in [1.807, 2.05) is 35.2 Å². The number of aliphatic hydroxyl groups excluding tert-OH is 1. The number of hydrogen-bond acceptors (Lipinski definition) is 2. The number of nitrogens with zero attached hydrogens (tertiary/aromatic N) is 2. The number of anilines is 1. The van der Waals surface area contributed by atoms with E-state index in [1.54, 1.807) is 0 Å². The van der Waals surface area contributed by atoms with Crippen LogP contribution in [0.1, 0.15) is 12.5 Å². The Morgan fingerprint density at radius 2 is 1.75 bits per heavy atom. The third kappa shape index (κ3) is 4.07. The molecule has 0 saturated carbocycles. The van der Waals surface area contributed by atoms with Gasteiger partial charge in [-0.1, -0.05) is 18.2 Å². The lowest BCUT2D eigenvalue weighted by Crippen LogP contribution is -2.44. The maximum Gasteiger partial charge on any atom is 0.175 e. The monoisotopic (exact) mass is 271 g/mol. The van der Waals surface area contributed by atoms with Gasteiger partial charge < -0.3 is 10.0 Å². The van der Waals surface area contributed by atoms with Crippen LogP contribution in [0.25, 0.3) is 0 Å². The summed E-state index contributed by atoms with van der Waals surface area (Å²) in [6, 6.07) is 14.3. The van der Waals surface area contributed by atoms with Crippen molar-refractivity contribution in [1.82, 2.24) is 0 Å². The molecule has 0 radical (unpaired) electrons. The topological polar surface area (TPSA) is 27.3 Å². The summed E-state index contributed by atoms with van der Waals surface area (Å²) in [7, 11) is 0. The molecular formula is C17H23N2O+. The number of para-hydroxylation sites is 1. The van der Waals surface area contributed by atoms with Gasteiger partial charge in [-0.2, -0.15) is 0 Å². The first-order valence-electron chi connectivity index (χ1n) is 7.13. The molecule has 0 aliphatic rings. The summed E-state index contributed by atoms with van der Waals surface area (Å²) in [6.45, 7) is 6.32. The summed E-state index contributed by atoms with van der Waals surface area (Å²) in [5, 5.41) is 10.3. The molecule has 3 heteroatoms. The van der Waals surface area contributed by atoms with Gasteiger partial charge in [0.2, 0.25) is 0 Å². The van der Waals surface area contributed by atoms with Crippen molar-refractivity contribution < 1.29 is 9.67 Å². The van der Waals surface area contributed by atoms with Crippen molar-refractivity contribution in [2.75, 3.05) is 18.0 Å². The van der Waals surface area contributed by atoms with Crippen molar-refractivity contribution in [1.29, 1.82) is 0 Å². The van der Waals surface area contributed by atoms with Crippen molar-refractivity contribution in [2.45, 2.75) is 26.5 Å². The van der Waals surface area contributed by atoms with E-state index in [1.165, 1.54) is 5.56 Å². The SMILES string of the molecule is CCN(CC(O)C[n+]1ccc(C)cc1)c1ccccc1. The molecule has 1 unspecified atom stereocenters. The van der Waals surface area contributed by atoms with Crippen molar-refractivity contribution >= 4 is 5.69 Å². The number of aliphatic hydroxyl groups is 1. The highest BCUT2D eigenvalue weighted by atomic mass is 16.3. The van der Waals surface area contributed by atoms with Gasteiger partial charge in [0, 0.05) is 24.4 Å². The average molecular weight is 271 g/mol. The number of benzene rings is 1. The van der Waals surface area contributed by atoms with E-state index in [-0.39, 0.29) is 6.10 Å². The molecule has 2 aromatic rings. The van der Waals surface area contributed by atoms with Crippen LogP contribution in [0.2, 0.25) is 0 Å². The summed E-state index contributed by atoms with van der Waals surface area (Å²) in [5.74, 6) is 0. The van der Waals surface area contributed by atoms with Gasteiger partial charge in [-0.25, -0.2) is 4.57 Å². The maximum atomic E-state index is 10.3. The van der Waals surface area contributed by atoms with Crippen LogP contribution in [-0.2, 0) is 6.54 Å². The molecular weight excluding hydrogens is 248 g/mol. The highest BCUT2D eigenvalue weighted by molar-refractivity contribution is 5.45. The molecule has 3 nitrogen and oxygen atoms in total. The highest BCUT2D eigenvalue weighted by Crippen LogP contribution is 2.13. The van der Waals surface area contributed by atoms with Gasteiger partial charge in [0.05, 0.1) is 6.54 Å². The van der Waals surface area contributed by atoms with E-state index < -0.39 is 0 Å². The minimum absolute atomic E-state index is 0.386. The lowest BCUT2D eigenvalue weighted by molar-refractivity contribution is -0.703. The first-order chi connectivity index (χ1) is 9.69. The maximum absolute atomic E-state index is 10.3. The molecule has 0 saturated heterocycles. The smallest absolute Gasteiger partial charge is 0.175 e. The normalized spacial score (nSPS) is 12.2. The van der Waals surface area contributed by atoms with Crippen LogP contribution in [0, 0.1) is 6.92 Å². The predicted molar refractivity (Wildman–Crippen MR) is 81.7 cm³/mol. The van der Waals surface area contributed by atoms with Crippen LogP contribution in [-0.4, -0.2) is 24.3 Å². The second-order valence-electron chi connectivity index (χ2n) is 5.10. The van der Waals surface area contributed by atoms with E-state index in [4.69, 9.17) is 0 Å². The Hall–Kier alpha value is -1.87. The fourth-order valence-electron chi connectivity index (χ4n) is 2.26. The standard InChI is InChI=1S/C17H23N2O/c1-3-19(16-7-5-4-6-8-16)14-17(20)13-18-11-9-15(2)10-12-18/h4-12,17,20H,3,13-14H2,1-2H3/q+1. The third-order valence-corrected chi connectivity index (χ3v) is 3.41. The summed E-state index contributed by atoms with van der Waals surface area (Å²) in [5.41, 5.74) is 2.39. The first-order valence-corrected chi connectivity index (χ1v) is 7.13. The summed E-state index contributed by atoms with van der Waals surface area (Å²) < 4.78 is 2.02. The molecule has 2 rings (SSSR count). The Morgan fingerprint density at radius 3 is 2.35 bits per heavy atom. The Morgan fingerprint density at radius 1 is 1.10 bits per heavy atom. The molecule has 1 N–H and O–H groups in total. The Labute approximate surface area is 121 Å². The Kier molecular flexibility index (Phi) is 5.13. The van der Waals surface area contributed by atoms with Gasteiger partial charge >= 0.3 is 0 Å². The number of likely N-dealkylation sites (N-methyl/N-ethyl adjacent to an activating group) is 1. The molecule has 0 spiro atoms. The lowest BCUT2D eigenvalue weighted by atomic mass is 10.2. The minimum atomic E-state index is -0.386. The van der Waals surface area contributed by atoms with Crippen LogP contribution < -0.4 is 9.47 Å². The van der Waals surface area contributed by atoms with Crippen molar-refractivity contribution in [3.63, 3.8) is 0 Å². The zero-order valence-electron chi connectivity index (χ0n) is 12.2. The van der Waals surface area contributed by atoms with Gasteiger partial charge in [0.15, 0.2) is 18.9 Å². The zero-order chi connectivity index (χ0) is 14.4. The van der Waals surface area contributed by atoms with E-state index in [9.17, 15) is 5.11 Å². The zero-order valence-corrected chi connectivity index (χ0v) is 12.2. The van der Waals surface area contributed by atoms with Gasteiger partial charge in [-0.3, -0.25) is 0 Å². The summed E-state index contributed by atoms with van der Waals surface area (Å²) >= 11 is 0. The highest BCUT2D eigenvalue weighted by Gasteiger charge is 2.15. The van der Waals surface area contributed by atoms with E-state index in [0.717, 1.165) is 12.2 Å². The minimum Gasteiger partial charge on any atom is -0.385 e. The fourth-order valence-corrected chi connectivity index (χ4v) is 2.26. The molecule has 20 heavy (non-hydrogen) atoms. The molecule has 1 aromatic carbocycles. The molecule has 0 aliphatic heterocycles. The number of rotatable bonds is 6. The van der Waals surface area contributed by atoms with Gasteiger partial charge in [0.25, 0.3) is 0 Å². The number of hydrogen-bond donors (Lipinski definition) is 1. The average Bonchev–Trinajstić information content (AvgIpc) is 2.48. The Balaban J connectivity index is 1.95. The first kappa shape index (κ1) is 14.5. The van der Waals surface area contributed by atoms with Crippen LogP contribution in [0.3, 0.4) is 0 Å². The van der Waals surface area contributed by atoms with Crippen molar-refractivity contribution in [3.05, 3.63) is 60.4 Å². The van der Waals surface area contributed by atoms with E-state index in [0.29, 0.717) is 13.1 Å². The molecule has 106 valence electrons. The molecule has 1 atom stereocenters. The third-order valence-electron chi connectivity index (χ3n) is 3.41. The van der Waals surface area contributed by atoms with E-state index >= 15 is 0 Å². The second-order valence-corrected chi connectivity index (χ2v) is 5.10. The van der Waals surface area contributed by atoms with Crippen LogP contribution >= 0.6 is 0 Å². The lowest BCUT2D eigenvalue weighted by Gasteiger charge is -2.24. The van der Waals surface area contributed by atoms with Crippen LogP contribution in [0.15, 0.2) is 54.9 Å². The van der Waals surface area contributed by atoms with Crippen LogP contribution in [0.5, 0.6) is 0 Å². The second kappa shape index (κ2) is 7.06. The van der Waals surface area contributed by atoms with Gasteiger partial charge in [0.1, 0.15) is 6.10 Å². The summed E-state index contributed by atoms with van der Waals surface area (Å²) in [4.78, 5) is 2.19. The Bertz CT molecular complexity index is 510. The number of aromatic nitrogens is 1. The van der Waals surface area contributed by atoms with Crippen LogP contribution in [0.4, 0.5) is 5.69 Å². The van der Waals surface area contributed by atoms with E-state index in [2.05, 4.69) is 43.0 Å². The molecule has 0 aliphatic carbocycles. The molecule has 0 bridgehead atoms. The molecule has 1 heterocycles. The largest absolute Gasteiger partial charge is 0.385 e. The molecule has 1 aromatic heterocycles. The number of pyridine rings is 1. The van der Waals surface area contributed by atoms with Crippen molar-refractivity contribution in [2.24, 2.45) is 0 Å².